The van der Waals surface area contributed by atoms with Gasteiger partial charge in [0.15, 0.2) is 11.5 Å². The normalized spacial score (nSPS) is 22.2. The summed E-state index contributed by atoms with van der Waals surface area (Å²) in [5, 5.41) is 61.9. The molecule has 4 rings (SSSR count). The van der Waals surface area contributed by atoms with Gasteiger partial charge in [0.05, 0.1) is 25.3 Å². The molecule has 0 spiro atoms. The quantitative estimate of drug-likeness (QED) is 0.120. The third-order valence-electron chi connectivity index (χ3n) is 6.17. The molecule has 14 nitrogen and oxygen atoms in total. The number of hydrogen-bond donors (Lipinski definition) is 6. The van der Waals surface area contributed by atoms with Crippen molar-refractivity contribution >= 4 is 22.9 Å². The first-order valence-corrected chi connectivity index (χ1v) is 12.4. The summed E-state index contributed by atoms with van der Waals surface area (Å²) in [6, 6.07) is 7.83. The van der Waals surface area contributed by atoms with Gasteiger partial charge in [-0.25, -0.2) is 4.42 Å². The average Bonchev–Trinajstić information content (AvgIpc) is 2.93. The molecule has 0 bridgehead atoms. The number of benzene rings is 2. The van der Waals surface area contributed by atoms with Crippen LogP contribution < -0.4 is 9.47 Å². The zero-order valence-corrected chi connectivity index (χ0v) is 21.9. The van der Waals surface area contributed by atoms with Crippen molar-refractivity contribution in [2.45, 2.75) is 44.1 Å². The number of hydrogen-bond acceptors (Lipinski definition) is 13. The number of phenolic OH excluding ortho intramolecular Hbond substituents is 3. The number of carbonyl (C=O) groups is 2. The summed E-state index contributed by atoms with van der Waals surface area (Å²) in [5.74, 6) is -2.66. The van der Waals surface area contributed by atoms with Crippen molar-refractivity contribution in [2.24, 2.45) is 0 Å². The van der Waals surface area contributed by atoms with E-state index < -0.39 is 55.7 Å². The molecule has 14 heteroatoms. The highest BCUT2D eigenvalue weighted by Crippen LogP contribution is 2.42. The maximum Gasteiger partial charge on any atom is 0.402 e. The van der Waals surface area contributed by atoms with Crippen LogP contribution in [0.1, 0.15) is 13.3 Å². The Bertz CT molecular complexity index is 1420. The fraction of sp³-hybridized carbons (Fsp3) is 0.370. The molecule has 5 atom stereocenters. The number of aromatic hydroxyl groups is 3. The van der Waals surface area contributed by atoms with E-state index in [4.69, 9.17) is 23.4 Å². The van der Waals surface area contributed by atoms with Gasteiger partial charge in [0.2, 0.25) is 12.0 Å². The van der Waals surface area contributed by atoms with Gasteiger partial charge in [0.25, 0.3) is 0 Å². The topological polar surface area (TPSA) is 213 Å². The number of phenols is 3. The SMILES string of the molecule is CCOC(=O)CC(=O)OC[C@H]1O[C@@H](Oc2cc3c(O)cc(O)cc3[o+]c2-c2ccc(O)c(OC)c2)[C@H](O)[C@@H](O)[C@@H]1O. The zero-order chi connectivity index (χ0) is 29.8. The Balaban J connectivity index is 1.66. The molecule has 2 aromatic carbocycles. The van der Waals surface area contributed by atoms with Gasteiger partial charge in [-0.15, -0.1) is 0 Å². The first-order chi connectivity index (χ1) is 19.5. The third-order valence-corrected chi connectivity index (χ3v) is 6.17. The van der Waals surface area contributed by atoms with Gasteiger partial charge in [-0.05, 0) is 19.1 Å². The van der Waals surface area contributed by atoms with E-state index in [0.717, 1.165) is 6.07 Å². The fourth-order valence-electron chi connectivity index (χ4n) is 4.12. The summed E-state index contributed by atoms with van der Waals surface area (Å²) in [6.07, 6.45) is -9.03. The standard InChI is InChI=1S/C27H28O14/c1-3-37-21(31)10-22(32)38-11-20-23(33)24(34)25(35)27(41-20)40-19-9-14-16(30)7-13(28)8-17(14)39-26(19)12-4-5-15(29)18(6-12)36-2/h4-9,20,23-25,27,33-35H,3,10-11H2,1-2H3,(H2-,28,29,30)/p+1/t20-,23-,24+,25-,27-/m1/s1. The largest absolute Gasteiger partial charge is 0.507 e. The Hall–Kier alpha value is -4.37. The van der Waals surface area contributed by atoms with E-state index >= 15 is 0 Å². The van der Waals surface area contributed by atoms with Crippen molar-refractivity contribution in [1.29, 1.82) is 0 Å². The summed E-state index contributed by atoms with van der Waals surface area (Å²) >= 11 is 0. The van der Waals surface area contributed by atoms with E-state index in [1.807, 2.05) is 0 Å². The van der Waals surface area contributed by atoms with Crippen LogP contribution in [0.15, 0.2) is 40.8 Å². The van der Waals surface area contributed by atoms with Crippen LogP contribution in [0.5, 0.6) is 28.7 Å². The Kier molecular flexibility index (Phi) is 8.98. The third kappa shape index (κ3) is 6.52. The van der Waals surface area contributed by atoms with E-state index in [1.54, 1.807) is 6.92 Å². The van der Waals surface area contributed by atoms with Crippen LogP contribution in [0.3, 0.4) is 0 Å². The fourth-order valence-corrected chi connectivity index (χ4v) is 4.12. The van der Waals surface area contributed by atoms with Crippen molar-refractivity contribution in [3.8, 4) is 40.1 Å². The zero-order valence-electron chi connectivity index (χ0n) is 21.9. The second kappa shape index (κ2) is 12.4. The lowest BCUT2D eigenvalue weighted by Crippen LogP contribution is -2.60. The van der Waals surface area contributed by atoms with Gasteiger partial charge in [0.1, 0.15) is 54.3 Å². The summed E-state index contributed by atoms with van der Waals surface area (Å²) < 4.78 is 32.2. The summed E-state index contributed by atoms with van der Waals surface area (Å²) in [4.78, 5) is 23.5. The van der Waals surface area contributed by atoms with Crippen molar-refractivity contribution in [3.05, 3.63) is 36.4 Å². The van der Waals surface area contributed by atoms with Gasteiger partial charge in [0, 0.05) is 18.2 Å². The minimum absolute atomic E-state index is 0.0189. The van der Waals surface area contributed by atoms with Crippen LogP contribution in [-0.2, 0) is 23.8 Å². The number of methoxy groups -OCH3 is 1. The summed E-state index contributed by atoms with van der Waals surface area (Å²) in [7, 11) is 1.34. The number of fused-ring (bicyclic) bond motifs is 1. The monoisotopic (exact) mass is 577 g/mol. The number of esters is 2. The maximum absolute atomic E-state index is 12.0. The van der Waals surface area contributed by atoms with Crippen molar-refractivity contribution in [1.82, 2.24) is 0 Å². The molecule has 1 saturated heterocycles. The van der Waals surface area contributed by atoms with Gasteiger partial charge in [-0.2, -0.15) is 0 Å². The highest BCUT2D eigenvalue weighted by atomic mass is 16.7. The van der Waals surface area contributed by atoms with E-state index in [9.17, 15) is 40.2 Å². The van der Waals surface area contributed by atoms with Crippen LogP contribution in [0.2, 0.25) is 0 Å². The first-order valence-electron chi connectivity index (χ1n) is 12.4. The molecule has 1 aliphatic heterocycles. The highest BCUT2D eigenvalue weighted by Gasteiger charge is 2.46. The Labute approximate surface area is 232 Å². The molecule has 1 aliphatic rings. The van der Waals surface area contributed by atoms with Crippen LogP contribution in [0.4, 0.5) is 0 Å². The Morgan fingerprint density at radius 3 is 2.34 bits per heavy atom. The minimum atomic E-state index is -1.80. The van der Waals surface area contributed by atoms with Gasteiger partial charge >= 0.3 is 23.3 Å². The molecule has 0 amide bonds. The number of rotatable bonds is 9. The van der Waals surface area contributed by atoms with Crippen molar-refractivity contribution in [2.75, 3.05) is 20.3 Å². The predicted octanol–water partition coefficient (Wildman–Crippen LogP) is 1.19. The van der Waals surface area contributed by atoms with Gasteiger partial charge in [-0.1, -0.05) is 0 Å². The molecular formula is C27H29O14+. The minimum Gasteiger partial charge on any atom is -0.507 e. The second-order valence-corrected chi connectivity index (χ2v) is 9.00. The molecule has 0 unspecified atom stereocenters. The molecule has 2 heterocycles. The molecule has 1 aromatic heterocycles. The molecule has 0 radical (unpaired) electrons. The average molecular weight is 578 g/mol. The molecule has 3 aromatic rings. The lowest BCUT2D eigenvalue weighted by Gasteiger charge is -2.39. The molecule has 0 aliphatic carbocycles. The van der Waals surface area contributed by atoms with Crippen molar-refractivity contribution in [3.63, 3.8) is 0 Å². The molecule has 0 saturated carbocycles. The number of carbonyl (C=O) groups excluding carboxylic acids is 2. The number of aliphatic hydroxyl groups excluding tert-OH is 3. The summed E-state index contributed by atoms with van der Waals surface area (Å²) in [6.45, 7) is 1.03. The molecule has 41 heavy (non-hydrogen) atoms. The van der Waals surface area contributed by atoms with Crippen molar-refractivity contribution < 1.29 is 68.3 Å². The molecular weight excluding hydrogens is 548 g/mol. The van der Waals surface area contributed by atoms with Crippen LogP contribution in [0, 0.1) is 0 Å². The number of aliphatic hydroxyl groups is 3. The molecule has 220 valence electrons. The van der Waals surface area contributed by atoms with E-state index in [-0.39, 0.29) is 52.1 Å². The van der Waals surface area contributed by atoms with Crippen LogP contribution >= 0.6 is 0 Å². The van der Waals surface area contributed by atoms with E-state index in [0.29, 0.717) is 5.56 Å². The first kappa shape index (κ1) is 29.6. The smallest absolute Gasteiger partial charge is 0.402 e. The summed E-state index contributed by atoms with van der Waals surface area (Å²) in [5.41, 5.74) is 0.346. The van der Waals surface area contributed by atoms with E-state index in [2.05, 4.69) is 4.74 Å². The van der Waals surface area contributed by atoms with Gasteiger partial charge in [-0.3, -0.25) is 9.59 Å². The highest BCUT2D eigenvalue weighted by molar-refractivity contribution is 5.91. The lowest BCUT2D eigenvalue weighted by molar-refractivity contribution is -0.278. The Morgan fingerprint density at radius 2 is 1.63 bits per heavy atom. The van der Waals surface area contributed by atoms with Gasteiger partial charge < -0.3 is 54.3 Å². The second-order valence-electron chi connectivity index (χ2n) is 9.00. The predicted molar refractivity (Wildman–Crippen MR) is 137 cm³/mol. The molecule has 1 fully saturated rings. The van der Waals surface area contributed by atoms with E-state index in [1.165, 1.54) is 37.4 Å². The van der Waals surface area contributed by atoms with Crippen LogP contribution in [0.25, 0.3) is 22.3 Å². The lowest BCUT2D eigenvalue weighted by atomic mass is 9.99. The maximum atomic E-state index is 12.0. The number of ether oxygens (including phenoxy) is 5. The molecule has 6 N–H and O–H groups in total. The Morgan fingerprint density at radius 1 is 0.902 bits per heavy atom. The van der Waals surface area contributed by atoms with Crippen LogP contribution in [-0.4, -0.2) is 93.6 Å².